The van der Waals surface area contributed by atoms with Gasteiger partial charge >= 0.3 is 0 Å². The normalized spacial score (nSPS) is 24.2. The maximum absolute atomic E-state index is 12.5. The van der Waals surface area contributed by atoms with Gasteiger partial charge in [-0.25, -0.2) is 0 Å². The molecule has 2 aromatic heterocycles. The molecule has 0 radical (unpaired) electrons. The SMILES string of the molecule is CCO[C@@H]1C[C@H](NC(=O)c2noc(-c3cccnc3)n2)C12CCCC2. The molecule has 0 bridgehead atoms. The van der Waals surface area contributed by atoms with Gasteiger partial charge in [0.1, 0.15) is 0 Å². The van der Waals surface area contributed by atoms with E-state index in [0.29, 0.717) is 18.1 Å². The summed E-state index contributed by atoms with van der Waals surface area (Å²) in [6.07, 6.45) is 9.01. The zero-order valence-electron chi connectivity index (χ0n) is 14.3. The number of nitrogens with zero attached hydrogens (tertiary/aromatic N) is 3. The smallest absolute Gasteiger partial charge is 0.292 e. The van der Waals surface area contributed by atoms with Crippen LogP contribution >= 0.6 is 0 Å². The van der Waals surface area contributed by atoms with E-state index < -0.39 is 0 Å². The van der Waals surface area contributed by atoms with Crippen molar-refractivity contribution in [2.75, 3.05) is 6.61 Å². The molecule has 25 heavy (non-hydrogen) atoms. The second-order valence-electron chi connectivity index (χ2n) is 6.81. The zero-order chi connectivity index (χ0) is 17.3. The number of ether oxygens (including phenoxy) is 1. The van der Waals surface area contributed by atoms with E-state index in [2.05, 4.69) is 20.4 Å². The van der Waals surface area contributed by atoms with Crippen LogP contribution in [0.1, 0.15) is 49.6 Å². The highest BCUT2D eigenvalue weighted by Crippen LogP contribution is 2.54. The lowest BCUT2D eigenvalue weighted by Gasteiger charge is -2.53. The van der Waals surface area contributed by atoms with Gasteiger partial charge in [-0.3, -0.25) is 9.78 Å². The van der Waals surface area contributed by atoms with Crippen LogP contribution in [0.3, 0.4) is 0 Å². The summed E-state index contributed by atoms with van der Waals surface area (Å²) in [6, 6.07) is 3.72. The molecule has 0 aromatic carbocycles. The molecular weight excluding hydrogens is 320 g/mol. The average molecular weight is 342 g/mol. The lowest BCUT2D eigenvalue weighted by molar-refractivity contribution is -0.127. The van der Waals surface area contributed by atoms with Crippen molar-refractivity contribution in [2.45, 2.75) is 51.2 Å². The third kappa shape index (κ3) is 2.82. The molecular formula is C18H22N4O3. The number of nitrogens with one attached hydrogen (secondary N) is 1. The minimum atomic E-state index is -0.287. The number of rotatable bonds is 5. The molecule has 1 spiro atoms. The first-order valence-electron chi connectivity index (χ1n) is 8.89. The Bertz CT molecular complexity index is 740. The molecule has 0 saturated heterocycles. The number of carbonyl (C=O) groups is 1. The van der Waals surface area contributed by atoms with Crippen LogP contribution in [-0.2, 0) is 4.74 Å². The van der Waals surface area contributed by atoms with Crippen molar-refractivity contribution in [1.29, 1.82) is 0 Å². The third-order valence-corrected chi connectivity index (χ3v) is 5.53. The summed E-state index contributed by atoms with van der Waals surface area (Å²) in [5.74, 6) is 0.0756. The monoisotopic (exact) mass is 342 g/mol. The first-order valence-corrected chi connectivity index (χ1v) is 8.89. The van der Waals surface area contributed by atoms with Crippen molar-refractivity contribution in [3.8, 4) is 11.5 Å². The van der Waals surface area contributed by atoms with Gasteiger partial charge in [-0.2, -0.15) is 4.98 Å². The summed E-state index contributed by atoms with van der Waals surface area (Å²) in [4.78, 5) is 20.8. The van der Waals surface area contributed by atoms with Crippen LogP contribution in [0.5, 0.6) is 0 Å². The van der Waals surface area contributed by atoms with Gasteiger partial charge in [-0.05, 0) is 38.3 Å². The van der Waals surface area contributed by atoms with E-state index in [1.807, 2.05) is 13.0 Å². The first kappa shape index (κ1) is 16.2. The highest BCUT2D eigenvalue weighted by Gasteiger charge is 2.57. The summed E-state index contributed by atoms with van der Waals surface area (Å²) in [5.41, 5.74) is 0.781. The Labute approximate surface area is 146 Å². The summed E-state index contributed by atoms with van der Waals surface area (Å²) in [7, 11) is 0. The summed E-state index contributed by atoms with van der Waals surface area (Å²) < 4.78 is 11.1. The Morgan fingerprint density at radius 3 is 3.00 bits per heavy atom. The van der Waals surface area contributed by atoms with Gasteiger partial charge in [0.2, 0.25) is 0 Å². The molecule has 7 heteroatoms. The first-order chi connectivity index (χ1) is 12.2. The molecule has 0 aliphatic heterocycles. The lowest BCUT2D eigenvalue weighted by atomic mass is 9.60. The van der Waals surface area contributed by atoms with Crippen LogP contribution in [0.25, 0.3) is 11.5 Å². The summed E-state index contributed by atoms with van der Waals surface area (Å²) in [6.45, 7) is 2.74. The maximum atomic E-state index is 12.5. The summed E-state index contributed by atoms with van der Waals surface area (Å²) >= 11 is 0. The third-order valence-electron chi connectivity index (χ3n) is 5.53. The fourth-order valence-corrected chi connectivity index (χ4v) is 4.23. The number of hydrogen-bond donors (Lipinski definition) is 1. The van der Waals surface area contributed by atoms with Crippen molar-refractivity contribution in [1.82, 2.24) is 20.4 Å². The van der Waals surface area contributed by atoms with Gasteiger partial charge in [0.25, 0.3) is 17.6 Å². The quantitative estimate of drug-likeness (QED) is 0.898. The van der Waals surface area contributed by atoms with E-state index in [1.54, 1.807) is 18.5 Å². The molecule has 2 fully saturated rings. The van der Waals surface area contributed by atoms with Crippen LogP contribution in [0.4, 0.5) is 0 Å². The largest absolute Gasteiger partial charge is 0.378 e. The van der Waals surface area contributed by atoms with Gasteiger partial charge in [0.15, 0.2) is 0 Å². The van der Waals surface area contributed by atoms with Crippen LogP contribution in [0.15, 0.2) is 29.0 Å². The number of amides is 1. The zero-order valence-corrected chi connectivity index (χ0v) is 14.3. The fraction of sp³-hybridized carbons (Fsp3) is 0.556. The van der Waals surface area contributed by atoms with E-state index in [0.717, 1.165) is 19.3 Å². The Kier molecular flexibility index (Phi) is 4.25. The molecule has 132 valence electrons. The molecule has 2 aliphatic carbocycles. The van der Waals surface area contributed by atoms with Crippen molar-refractivity contribution in [3.05, 3.63) is 30.4 Å². The molecule has 1 amide bonds. The van der Waals surface area contributed by atoms with Gasteiger partial charge in [-0.1, -0.05) is 18.0 Å². The highest BCUT2D eigenvalue weighted by atomic mass is 16.5. The molecule has 2 atom stereocenters. The molecule has 7 nitrogen and oxygen atoms in total. The number of hydrogen-bond acceptors (Lipinski definition) is 6. The van der Waals surface area contributed by atoms with E-state index in [9.17, 15) is 4.79 Å². The highest BCUT2D eigenvalue weighted by molar-refractivity contribution is 5.91. The van der Waals surface area contributed by atoms with Crippen molar-refractivity contribution in [3.63, 3.8) is 0 Å². The predicted octanol–water partition coefficient (Wildman–Crippen LogP) is 2.60. The molecule has 0 unspecified atom stereocenters. The molecule has 2 aliphatic rings. The Morgan fingerprint density at radius 2 is 2.28 bits per heavy atom. The standard InChI is InChI=1S/C18H22N4O3/c1-2-24-14-10-13(18(14)7-3-4-8-18)20-16(23)15-21-17(25-22-15)12-6-5-9-19-11-12/h5-6,9,11,13-14H,2-4,7-8,10H2,1H3,(H,20,23)/t13-,14+/m0/s1. The Balaban J connectivity index is 1.45. The minimum Gasteiger partial charge on any atom is -0.378 e. The molecule has 4 rings (SSSR count). The predicted molar refractivity (Wildman–Crippen MR) is 89.7 cm³/mol. The number of carbonyl (C=O) groups excluding carboxylic acids is 1. The molecule has 1 N–H and O–H groups in total. The molecule has 2 heterocycles. The number of aromatic nitrogens is 3. The van der Waals surface area contributed by atoms with Crippen molar-refractivity contribution >= 4 is 5.91 Å². The molecule has 2 saturated carbocycles. The van der Waals surface area contributed by atoms with Gasteiger partial charge in [0.05, 0.1) is 11.7 Å². The molecule has 2 aromatic rings. The van der Waals surface area contributed by atoms with E-state index in [1.165, 1.54) is 12.8 Å². The van der Waals surface area contributed by atoms with Gasteiger partial charge in [-0.15, -0.1) is 0 Å². The van der Waals surface area contributed by atoms with Gasteiger partial charge < -0.3 is 14.6 Å². The lowest BCUT2D eigenvalue weighted by Crippen LogP contribution is -2.63. The van der Waals surface area contributed by atoms with E-state index in [4.69, 9.17) is 9.26 Å². The second-order valence-corrected chi connectivity index (χ2v) is 6.81. The van der Waals surface area contributed by atoms with E-state index in [-0.39, 0.29) is 29.3 Å². The van der Waals surface area contributed by atoms with Crippen molar-refractivity contribution in [2.24, 2.45) is 5.41 Å². The van der Waals surface area contributed by atoms with Crippen LogP contribution in [0, 0.1) is 5.41 Å². The topological polar surface area (TPSA) is 90.1 Å². The Hall–Kier alpha value is -2.28. The van der Waals surface area contributed by atoms with Crippen molar-refractivity contribution < 1.29 is 14.1 Å². The average Bonchev–Trinajstić information content (AvgIpc) is 3.32. The second kappa shape index (κ2) is 6.55. The van der Waals surface area contributed by atoms with Crippen LogP contribution in [0.2, 0.25) is 0 Å². The van der Waals surface area contributed by atoms with Crippen LogP contribution in [-0.4, -0.2) is 39.8 Å². The summed E-state index contributed by atoms with van der Waals surface area (Å²) in [5, 5.41) is 6.92. The minimum absolute atomic E-state index is 0.0619. The fourth-order valence-electron chi connectivity index (χ4n) is 4.23. The maximum Gasteiger partial charge on any atom is 0.292 e. The van der Waals surface area contributed by atoms with Crippen LogP contribution < -0.4 is 5.32 Å². The van der Waals surface area contributed by atoms with E-state index >= 15 is 0 Å². The van der Waals surface area contributed by atoms with Gasteiger partial charge in [0, 0.05) is 30.5 Å². The number of pyridine rings is 1. The Morgan fingerprint density at radius 1 is 1.44 bits per heavy atom.